The fourth-order valence-electron chi connectivity index (χ4n) is 3.04. The molecule has 1 heterocycles. The van der Waals surface area contributed by atoms with Gasteiger partial charge in [-0.25, -0.2) is 0 Å². The lowest BCUT2D eigenvalue weighted by atomic mass is 10.1. The van der Waals surface area contributed by atoms with Crippen molar-refractivity contribution in [3.05, 3.63) is 34.9 Å². The van der Waals surface area contributed by atoms with Crippen molar-refractivity contribution in [3.8, 4) is 0 Å². The Morgan fingerprint density at radius 1 is 1.35 bits per heavy atom. The average molecular weight is 337 g/mol. The molecule has 2 unspecified atom stereocenters. The Bertz CT molecular complexity index is 574. The fraction of sp³-hybridized carbons (Fsp3) is 0.556. The summed E-state index contributed by atoms with van der Waals surface area (Å²) in [6, 6.07) is 7.32. The van der Waals surface area contributed by atoms with Crippen molar-refractivity contribution >= 4 is 23.4 Å². The highest BCUT2D eigenvalue weighted by molar-refractivity contribution is 6.30. The summed E-state index contributed by atoms with van der Waals surface area (Å²) < 4.78 is 0. The van der Waals surface area contributed by atoms with Crippen LogP contribution in [-0.4, -0.2) is 35.3 Å². The van der Waals surface area contributed by atoms with Crippen LogP contribution in [0.4, 0.5) is 0 Å². The molecule has 0 spiro atoms. The summed E-state index contributed by atoms with van der Waals surface area (Å²) in [5, 5.41) is 3.74. The molecule has 5 heteroatoms. The molecule has 2 rings (SSSR count). The maximum absolute atomic E-state index is 12.5. The van der Waals surface area contributed by atoms with Crippen LogP contribution < -0.4 is 5.32 Å². The monoisotopic (exact) mass is 336 g/mol. The van der Waals surface area contributed by atoms with E-state index in [0.29, 0.717) is 11.6 Å². The Labute approximate surface area is 143 Å². The molecule has 2 amide bonds. The van der Waals surface area contributed by atoms with Gasteiger partial charge >= 0.3 is 0 Å². The third kappa shape index (κ3) is 4.71. The highest BCUT2D eigenvalue weighted by Gasteiger charge is 2.35. The molecule has 0 aromatic heterocycles. The van der Waals surface area contributed by atoms with Gasteiger partial charge < -0.3 is 10.2 Å². The molecular weight excluding hydrogens is 312 g/mol. The molecule has 1 saturated heterocycles. The van der Waals surface area contributed by atoms with Crippen LogP contribution in [0.5, 0.6) is 0 Å². The number of likely N-dealkylation sites (tertiary alicyclic amines) is 1. The highest BCUT2D eigenvalue weighted by atomic mass is 35.5. The van der Waals surface area contributed by atoms with E-state index in [1.54, 1.807) is 4.90 Å². The zero-order valence-electron chi connectivity index (χ0n) is 14.0. The minimum absolute atomic E-state index is 0.00225. The number of halogens is 1. The normalized spacial score (nSPS) is 19.0. The van der Waals surface area contributed by atoms with Crippen molar-refractivity contribution in [2.75, 3.05) is 6.54 Å². The molecule has 4 nitrogen and oxygen atoms in total. The van der Waals surface area contributed by atoms with Crippen LogP contribution in [0.2, 0.25) is 5.02 Å². The number of rotatable bonds is 5. The van der Waals surface area contributed by atoms with Gasteiger partial charge in [0.05, 0.1) is 0 Å². The number of nitrogens with one attached hydrogen (secondary N) is 1. The molecule has 1 N–H and O–H groups in total. The molecule has 1 aromatic carbocycles. The minimum atomic E-state index is -0.327. The average Bonchev–Trinajstić information content (AvgIpc) is 2.95. The van der Waals surface area contributed by atoms with Gasteiger partial charge in [-0.15, -0.1) is 0 Å². The number of hydrogen-bond donors (Lipinski definition) is 1. The van der Waals surface area contributed by atoms with Crippen molar-refractivity contribution < 1.29 is 9.59 Å². The summed E-state index contributed by atoms with van der Waals surface area (Å²) >= 11 is 5.99. The van der Waals surface area contributed by atoms with E-state index in [1.165, 1.54) is 0 Å². The van der Waals surface area contributed by atoms with Crippen LogP contribution in [-0.2, 0) is 16.0 Å². The smallest absolute Gasteiger partial charge is 0.243 e. The fourth-order valence-corrected chi connectivity index (χ4v) is 3.26. The standard InChI is InChI=1S/C18H25ClN2O2/c1-12(2)18(23)21-9-5-8-16(21)17(22)20-13(3)10-14-6-4-7-15(19)11-14/h4,6-7,11-13,16H,5,8-10H2,1-3H3,(H,20,22). The van der Waals surface area contributed by atoms with E-state index >= 15 is 0 Å². The second-order valence-corrected chi connectivity index (χ2v) is 7.02. The van der Waals surface area contributed by atoms with Crippen LogP contribution in [0.15, 0.2) is 24.3 Å². The van der Waals surface area contributed by atoms with Crippen molar-refractivity contribution in [1.29, 1.82) is 0 Å². The van der Waals surface area contributed by atoms with E-state index in [1.807, 2.05) is 45.0 Å². The van der Waals surface area contributed by atoms with Crippen molar-refractivity contribution in [2.24, 2.45) is 5.92 Å². The molecule has 126 valence electrons. The summed E-state index contributed by atoms with van der Waals surface area (Å²) in [5.41, 5.74) is 1.09. The Balaban J connectivity index is 1.94. The van der Waals surface area contributed by atoms with Gasteiger partial charge in [0.2, 0.25) is 11.8 Å². The third-order valence-electron chi connectivity index (χ3n) is 4.15. The lowest BCUT2D eigenvalue weighted by molar-refractivity contribution is -0.141. The summed E-state index contributed by atoms with van der Waals surface area (Å²) in [6.07, 6.45) is 2.35. The number of hydrogen-bond acceptors (Lipinski definition) is 2. The Hall–Kier alpha value is -1.55. The van der Waals surface area contributed by atoms with E-state index in [2.05, 4.69) is 5.32 Å². The predicted molar refractivity (Wildman–Crippen MR) is 92.3 cm³/mol. The Kier molecular flexibility index (Phi) is 6.05. The third-order valence-corrected chi connectivity index (χ3v) is 4.39. The zero-order chi connectivity index (χ0) is 17.0. The molecular formula is C18H25ClN2O2. The van der Waals surface area contributed by atoms with Crippen molar-refractivity contribution in [1.82, 2.24) is 10.2 Å². The zero-order valence-corrected chi connectivity index (χ0v) is 14.8. The predicted octanol–water partition coefficient (Wildman–Crippen LogP) is 3.03. The summed E-state index contributed by atoms with van der Waals surface area (Å²) in [6.45, 7) is 6.40. The minimum Gasteiger partial charge on any atom is -0.352 e. The van der Waals surface area contributed by atoms with Gasteiger partial charge in [0.1, 0.15) is 6.04 Å². The van der Waals surface area contributed by atoms with Gasteiger partial charge in [0, 0.05) is 23.5 Å². The number of carbonyl (C=O) groups is 2. The van der Waals surface area contributed by atoms with Gasteiger partial charge in [-0.1, -0.05) is 37.6 Å². The molecule has 1 aliphatic rings. The van der Waals surface area contributed by atoms with Crippen LogP contribution in [0.3, 0.4) is 0 Å². The second kappa shape index (κ2) is 7.82. The lowest BCUT2D eigenvalue weighted by Crippen LogP contribution is -2.49. The largest absolute Gasteiger partial charge is 0.352 e. The van der Waals surface area contributed by atoms with Gasteiger partial charge in [0.25, 0.3) is 0 Å². The maximum atomic E-state index is 12.5. The quantitative estimate of drug-likeness (QED) is 0.898. The van der Waals surface area contributed by atoms with E-state index in [0.717, 1.165) is 24.8 Å². The van der Waals surface area contributed by atoms with Crippen LogP contribution in [0.25, 0.3) is 0 Å². The second-order valence-electron chi connectivity index (χ2n) is 6.59. The van der Waals surface area contributed by atoms with Crippen LogP contribution in [0, 0.1) is 5.92 Å². The van der Waals surface area contributed by atoms with E-state index < -0.39 is 0 Å². The first-order valence-corrected chi connectivity index (χ1v) is 8.61. The Morgan fingerprint density at radius 2 is 2.09 bits per heavy atom. The van der Waals surface area contributed by atoms with Crippen molar-refractivity contribution in [3.63, 3.8) is 0 Å². The van der Waals surface area contributed by atoms with Gasteiger partial charge in [-0.2, -0.15) is 0 Å². The molecule has 23 heavy (non-hydrogen) atoms. The number of nitrogens with zero attached hydrogens (tertiary/aromatic N) is 1. The van der Waals surface area contributed by atoms with Crippen LogP contribution in [0.1, 0.15) is 39.2 Å². The summed E-state index contributed by atoms with van der Waals surface area (Å²) in [4.78, 5) is 26.5. The maximum Gasteiger partial charge on any atom is 0.243 e. The first-order chi connectivity index (χ1) is 10.9. The SMILES string of the molecule is CC(Cc1cccc(Cl)c1)NC(=O)C1CCCN1C(=O)C(C)C. The molecule has 0 saturated carbocycles. The molecule has 1 aromatic rings. The molecule has 0 aliphatic carbocycles. The van der Waals surface area contributed by atoms with Gasteiger partial charge in [-0.05, 0) is 43.9 Å². The molecule has 1 aliphatic heterocycles. The number of benzene rings is 1. The molecule has 0 radical (unpaired) electrons. The number of amides is 2. The Morgan fingerprint density at radius 3 is 2.74 bits per heavy atom. The molecule has 2 atom stereocenters. The summed E-state index contributed by atoms with van der Waals surface area (Å²) in [5.74, 6) is -0.0662. The van der Waals surface area contributed by atoms with Gasteiger partial charge in [-0.3, -0.25) is 9.59 Å². The van der Waals surface area contributed by atoms with Gasteiger partial charge in [0.15, 0.2) is 0 Å². The number of carbonyl (C=O) groups excluding carboxylic acids is 2. The van der Waals surface area contributed by atoms with E-state index in [9.17, 15) is 9.59 Å². The molecule has 1 fully saturated rings. The first kappa shape index (κ1) is 17.8. The van der Waals surface area contributed by atoms with E-state index in [-0.39, 0.29) is 29.8 Å². The highest BCUT2D eigenvalue weighted by Crippen LogP contribution is 2.20. The lowest BCUT2D eigenvalue weighted by Gasteiger charge is -2.27. The van der Waals surface area contributed by atoms with Crippen molar-refractivity contribution in [2.45, 2.75) is 52.1 Å². The van der Waals surface area contributed by atoms with Crippen LogP contribution >= 0.6 is 11.6 Å². The molecule has 0 bridgehead atoms. The topological polar surface area (TPSA) is 49.4 Å². The first-order valence-electron chi connectivity index (χ1n) is 8.23. The van der Waals surface area contributed by atoms with E-state index in [4.69, 9.17) is 11.6 Å². The summed E-state index contributed by atoms with van der Waals surface area (Å²) in [7, 11) is 0.